The van der Waals surface area contributed by atoms with Crippen molar-refractivity contribution < 1.29 is 28.4 Å². The molecule has 3 aromatic rings. The van der Waals surface area contributed by atoms with Crippen LogP contribution in [0, 0.1) is 5.92 Å². The lowest BCUT2D eigenvalue weighted by Gasteiger charge is -2.32. The number of amides is 4. The van der Waals surface area contributed by atoms with Gasteiger partial charge in [0, 0.05) is 13.1 Å². The van der Waals surface area contributed by atoms with E-state index in [-0.39, 0.29) is 31.1 Å². The molecule has 1 unspecified atom stereocenters. The lowest BCUT2D eigenvalue weighted by atomic mass is 9.79. The van der Waals surface area contributed by atoms with E-state index in [1.807, 2.05) is 90.1 Å². The number of aromatic amines is 1. The maximum absolute atomic E-state index is 14.1. The molecule has 2 aromatic carbocycles. The number of nitrogens with one attached hydrogen (secondary N) is 2. The second-order valence-electron chi connectivity index (χ2n) is 13.8. The molecule has 3 aliphatic heterocycles. The molecule has 13 heteroatoms. The molecule has 0 aliphatic carbocycles. The standard InChI is InChI=1S/C34H43BN6O6/c1-21(2)28(38-31(43)45-7)30(42)41-20-40(32(44)39-17-23-10-8-9-11-24(23)18-39)19-27(41)29-36-16-26(37-29)22-12-14-25(15-13-22)35-46-33(3,4)34(5,6)47-35/h8-16,21,27-28H,17-20H2,1-7H3,(H,36,37)(H,38,43)/t27-,28?/m0/s1. The van der Waals surface area contributed by atoms with Crippen molar-refractivity contribution in [1.29, 1.82) is 0 Å². The summed E-state index contributed by atoms with van der Waals surface area (Å²) >= 11 is 0. The van der Waals surface area contributed by atoms with Gasteiger partial charge in [-0.15, -0.1) is 0 Å². The minimum absolute atomic E-state index is 0.0556. The molecule has 0 saturated carbocycles. The van der Waals surface area contributed by atoms with E-state index < -0.39 is 36.5 Å². The predicted octanol–water partition coefficient (Wildman–Crippen LogP) is 4.04. The number of ether oxygens (including phenoxy) is 1. The number of hydrogen-bond acceptors (Lipinski definition) is 7. The molecule has 4 heterocycles. The van der Waals surface area contributed by atoms with Gasteiger partial charge < -0.3 is 39.0 Å². The first-order valence-electron chi connectivity index (χ1n) is 16.0. The van der Waals surface area contributed by atoms with Crippen molar-refractivity contribution in [2.24, 2.45) is 5.92 Å². The summed E-state index contributed by atoms with van der Waals surface area (Å²) in [4.78, 5) is 53.2. The quantitative estimate of drug-likeness (QED) is 0.389. The van der Waals surface area contributed by atoms with E-state index in [4.69, 9.17) is 14.0 Å². The first-order chi connectivity index (χ1) is 22.3. The second kappa shape index (κ2) is 12.3. The van der Waals surface area contributed by atoms with Crippen molar-refractivity contribution >= 4 is 30.6 Å². The number of alkyl carbamates (subject to hydrolysis) is 1. The molecule has 6 rings (SSSR count). The van der Waals surface area contributed by atoms with E-state index in [0.717, 1.165) is 27.8 Å². The number of imidazole rings is 1. The first-order valence-corrected chi connectivity index (χ1v) is 16.0. The normalized spacial score (nSPS) is 20.5. The van der Waals surface area contributed by atoms with Crippen molar-refractivity contribution in [3.05, 3.63) is 71.7 Å². The third-order valence-electron chi connectivity index (χ3n) is 9.81. The van der Waals surface area contributed by atoms with Crippen LogP contribution < -0.4 is 10.8 Å². The van der Waals surface area contributed by atoms with E-state index in [0.29, 0.717) is 18.9 Å². The molecule has 3 aliphatic rings. The zero-order valence-electron chi connectivity index (χ0n) is 28.1. The Hall–Kier alpha value is -4.36. The summed E-state index contributed by atoms with van der Waals surface area (Å²) in [5.74, 6) is -0.00109. The van der Waals surface area contributed by atoms with Crippen LogP contribution in [-0.2, 0) is 31.9 Å². The van der Waals surface area contributed by atoms with E-state index in [1.165, 1.54) is 7.11 Å². The Morgan fingerprint density at radius 2 is 1.60 bits per heavy atom. The van der Waals surface area contributed by atoms with Crippen LogP contribution in [0.15, 0.2) is 54.7 Å². The molecule has 0 bridgehead atoms. The molecule has 12 nitrogen and oxygen atoms in total. The maximum Gasteiger partial charge on any atom is 0.494 e. The predicted molar refractivity (Wildman–Crippen MR) is 176 cm³/mol. The number of urea groups is 1. The molecular weight excluding hydrogens is 599 g/mol. The van der Waals surface area contributed by atoms with Crippen LogP contribution in [0.2, 0.25) is 0 Å². The zero-order valence-corrected chi connectivity index (χ0v) is 28.1. The van der Waals surface area contributed by atoms with E-state index in [2.05, 4.69) is 15.3 Å². The Bertz CT molecular complexity index is 1620. The summed E-state index contributed by atoms with van der Waals surface area (Å²) in [5, 5.41) is 2.68. The van der Waals surface area contributed by atoms with Gasteiger partial charge in [-0.3, -0.25) is 4.79 Å². The van der Waals surface area contributed by atoms with Gasteiger partial charge >= 0.3 is 19.2 Å². The van der Waals surface area contributed by atoms with Gasteiger partial charge in [0.1, 0.15) is 17.9 Å². The fourth-order valence-electron chi connectivity index (χ4n) is 6.24. The number of carbonyl (C=O) groups is 3. The van der Waals surface area contributed by atoms with Gasteiger partial charge in [0.15, 0.2) is 0 Å². The molecule has 47 heavy (non-hydrogen) atoms. The largest absolute Gasteiger partial charge is 0.494 e. The molecule has 0 radical (unpaired) electrons. The molecule has 0 spiro atoms. The maximum atomic E-state index is 14.1. The fraction of sp³-hybridized carbons (Fsp3) is 0.471. The highest BCUT2D eigenvalue weighted by Crippen LogP contribution is 2.37. The van der Waals surface area contributed by atoms with Crippen LogP contribution >= 0.6 is 0 Å². The van der Waals surface area contributed by atoms with Crippen LogP contribution in [0.25, 0.3) is 11.3 Å². The van der Waals surface area contributed by atoms with Gasteiger partial charge in [-0.1, -0.05) is 62.4 Å². The topological polar surface area (TPSA) is 129 Å². The number of benzene rings is 2. The van der Waals surface area contributed by atoms with Crippen molar-refractivity contribution in [2.75, 3.05) is 20.3 Å². The highest BCUT2D eigenvalue weighted by atomic mass is 16.7. The highest BCUT2D eigenvalue weighted by Gasteiger charge is 2.51. The van der Waals surface area contributed by atoms with Crippen molar-refractivity contribution in [1.82, 2.24) is 30.0 Å². The van der Waals surface area contributed by atoms with Crippen molar-refractivity contribution in [3.8, 4) is 11.3 Å². The van der Waals surface area contributed by atoms with Gasteiger partial charge in [0.25, 0.3) is 0 Å². The molecule has 2 fully saturated rings. The van der Waals surface area contributed by atoms with E-state index >= 15 is 0 Å². The molecular formula is C34H43BN6O6. The number of H-pyrrole nitrogens is 1. The Balaban J connectivity index is 1.24. The zero-order chi connectivity index (χ0) is 33.7. The number of nitrogens with zero attached hydrogens (tertiary/aromatic N) is 4. The van der Waals surface area contributed by atoms with Crippen molar-refractivity contribution in [3.63, 3.8) is 0 Å². The molecule has 2 N–H and O–H groups in total. The van der Waals surface area contributed by atoms with Crippen LogP contribution in [0.3, 0.4) is 0 Å². The third kappa shape index (κ3) is 6.21. The lowest BCUT2D eigenvalue weighted by Crippen LogP contribution is -2.52. The van der Waals surface area contributed by atoms with Crippen LogP contribution in [0.4, 0.5) is 9.59 Å². The average molecular weight is 643 g/mol. The smallest absolute Gasteiger partial charge is 0.453 e. The van der Waals surface area contributed by atoms with Gasteiger partial charge in [-0.25, -0.2) is 14.6 Å². The Labute approximate surface area is 275 Å². The minimum atomic E-state index is -0.854. The Morgan fingerprint density at radius 1 is 0.979 bits per heavy atom. The highest BCUT2D eigenvalue weighted by molar-refractivity contribution is 6.62. The van der Waals surface area contributed by atoms with Crippen molar-refractivity contribution in [2.45, 2.75) is 77.9 Å². The number of rotatable bonds is 6. The SMILES string of the molecule is COC(=O)NC(C(=O)N1CN(C(=O)N2Cc3ccccc3C2)C[C@H]1c1ncc(-c2ccc(B3OC(C)(C)C(C)(C)O3)cc2)[nH]1)C(C)C. The Kier molecular flexibility index (Phi) is 8.56. The summed E-state index contributed by atoms with van der Waals surface area (Å²) in [6.45, 7) is 13.1. The second-order valence-corrected chi connectivity index (χ2v) is 13.8. The number of carbonyl (C=O) groups excluding carboxylic acids is 3. The minimum Gasteiger partial charge on any atom is -0.453 e. The first kappa shape index (κ1) is 32.6. The van der Waals surface area contributed by atoms with Crippen LogP contribution in [0.1, 0.15) is 64.5 Å². The summed E-state index contributed by atoms with van der Waals surface area (Å²) in [7, 11) is 0.792. The van der Waals surface area contributed by atoms with Gasteiger partial charge in [-0.2, -0.15) is 0 Å². The fourth-order valence-corrected chi connectivity index (χ4v) is 6.24. The average Bonchev–Trinajstić information content (AvgIpc) is 3.83. The summed E-state index contributed by atoms with van der Waals surface area (Å²) < 4.78 is 17.2. The van der Waals surface area contributed by atoms with E-state index in [9.17, 15) is 14.4 Å². The van der Waals surface area contributed by atoms with Crippen LogP contribution in [-0.4, -0.2) is 87.4 Å². The summed E-state index contributed by atoms with van der Waals surface area (Å²) in [6.07, 6.45) is 1.04. The third-order valence-corrected chi connectivity index (χ3v) is 9.81. The number of fused-ring (bicyclic) bond motifs is 1. The molecule has 2 atom stereocenters. The summed E-state index contributed by atoms with van der Waals surface area (Å²) in [6, 6.07) is 14.3. The molecule has 2 saturated heterocycles. The molecule has 248 valence electrons. The van der Waals surface area contributed by atoms with Crippen LogP contribution in [0.5, 0.6) is 0 Å². The molecule has 1 aromatic heterocycles. The lowest BCUT2D eigenvalue weighted by molar-refractivity contribution is -0.135. The molecule has 4 amide bonds. The van der Waals surface area contributed by atoms with E-state index in [1.54, 1.807) is 20.9 Å². The van der Waals surface area contributed by atoms with Gasteiger partial charge in [-0.05, 0) is 55.8 Å². The van der Waals surface area contributed by atoms with Gasteiger partial charge in [0.05, 0.1) is 43.4 Å². The number of methoxy groups -OCH3 is 1. The Morgan fingerprint density at radius 3 is 2.17 bits per heavy atom. The van der Waals surface area contributed by atoms with Gasteiger partial charge in [0.2, 0.25) is 5.91 Å². The summed E-state index contributed by atoms with van der Waals surface area (Å²) in [5.41, 5.74) is 3.94. The number of aromatic nitrogens is 2. The number of hydrogen-bond donors (Lipinski definition) is 2. The monoisotopic (exact) mass is 642 g/mol.